The molecule has 1 aromatic rings. The molecule has 0 heterocycles. The number of nitrogens with one attached hydrogen (secondary N) is 1. The van der Waals surface area contributed by atoms with E-state index in [4.69, 9.17) is 22.6 Å². The molecule has 0 radical (unpaired) electrons. The summed E-state index contributed by atoms with van der Waals surface area (Å²) >= 11 is 5.92. The summed E-state index contributed by atoms with van der Waals surface area (Å²) in [4.78, 5) is 11.6. The Morgan fingerprint density at radius 2 is 2.35 bits per heavy atom. The van der Waals surface area contributed by atoms with Crippen molar-refractivity contribution in [2.24, 2.45) is 11.7 Å². The molecule has 3 N–H and O–H groups in total. The van der Waals surface area contributed by atoms with E-state index < -0.39 is 0 Å². The van der Waals surface area contributed by atoms with Crippen molar-refractivity contribution in [1.82, 2.24) is 0 Å². The zero-order chi connectivity index (χ0) is 12.8. The number of anilines is 1. The van der Waals surface area contributed by atoms with Crippen LogP contribution in [0.1, 0.15) is 18.9 Å². The Morgan fingerprint density at radius 3 is 2.94 bits per heavy atom. The minimum atomic E-state index is -0.153. The van der Waals surface area contributed by atoms with Gasteiger partial charge in [-0.1, -0.05) is 18.5 Å². The van der Waals surface area contributed by atoms with Gasteiger partial charge in [0.1, 0.15) is 0 Å². The first-order valence-electron chi connectivity index (χ1n) is 5.26. The third kappa shape index (κ3) is 4.06. The minimum Gasteiger partial charge on any atom is -0.330 e. The average Bonchev–Trinajstić information content (AvgIpc) is 2.31. The van der Waals surface area contributed by atoms with Gasteiger partial charge in [0.05, 0.1) is 22.3 Å². The average molecular weight is 252 g/mol. The fourth-order valence-electron chi connectivity index (χ4n) is 1.29. The van der Waals surface area contributed by atoms with Crippen molar-refractivity contribution < 1.29 is 4.79 Å². The molecule has 1 amide bonds. The summed E-state index contributed by atoms with van der Waals surface area (Å²) in [6.45, 7) is 2.35. The van der Waals surface area contributed by atoms with Gasteiger partial charge in [0.25, 0.3) is 0 Å². The first-order chi connectivity index (χ1) is 8.06. The van der Waals surface area contributed by atoms with Crippen molar-refractivity contribution in [2.75, 3.05) is 11.9 Å². The zero-order valence-corrected chi connectivity index (χ0v) is 10.3. The van der Waals surface area contributed by atoms with Crippen LogP contribution in [0.5, 0.6) is 0 Å². The highest BCUT2D eigenvalue weighted by Gasteiger charge is 2.10. The molecular formula is C12H14ClN3O. The number of rotatable bonds is 4. The van der Waals surface area contributed by atoms with Gasteiger partial charge in [0.15, 0.2) is 0 Å². The fourth-order valence-corrected chi connectivity index (χ4v) is 1.46. The molecule has 0 aliphatic heterocycles. The highest BCUT2D eigenvalue weighted by atomic mass is 35.5. The predicted molar refractivity (Wildman–Crippen MR) is 67.6 cm³/mol. The van der Waals surface area contributed by atoms with Gasteiger partial charge in [-0.2, -0.15) is 5.26 Å². The van der Waals surface area contributed by atoms with E-state index in [2.05, 4.69) is 5.32 Å². The molecule has 90 valence electrons. The van der Waals surface area contributed by atoms with E-state index in [1.165, 1.54) is 0 Å². The van der Waals surface area contributed by atoms with Crippen LogP contribution in [0.4, 0.5) is 5.69 Å². The maximum atomic E-state index is 11.6. The Hall–Kier alpha value is -1.57. The molecule has 0 bridgehead atoms. The molecule has 17 heavy (non-hydrogen) atoms. The number of carbonyl (C=O) groups is 1. The summed E-state index contributed by atoms with van der Waals surface area (Å²) in [7, 11) is 0. The Morgan fingerprint density at radius 1 is 1.65 bits per heavy atom. The van der Waals surface area contributed by atoms with Crippen LogP contribution in [0.15, 0.2) is 18.2 Å². The number of amides is 1. The molecule has 1 aromatic carbocycles. The first-order valence-corrected chi connectivity index (χ1v) is 5.64. The van der Waals surface area contributed by atoms with Gasteiger partial charge < -0.3 is 11.1 Å². The van der Waals surface area contributed by atoms with E-state index in [-0.39, 0.29) is 11.8 Å². The van der Waals surface area contributed by atoms with E-state index in [0.717, 1.165) is 0 Å². The summed E-state index contributed by atoms with van der Waals surface area (Å²) in [6.07, 6.45) is 0.337. The van der Waals surface area contributed by atoms with Crippen LogP contribution in [0.3, 0.4) is 0 Å². The fraction of sp³-hybridized carbons (Fsp3) is 0.333. The maximum Gasteiger partial charge on any atom is 0.224 e. The van der Waals surface area contributed by atoms with Crippen LogP contribution in [-0.4, -0.2) is 12.5 Å². The number of halogens is 1. The van der Waals surface area contributed by atoms with Crippen LogP contribution < -0.4 is 11.1 Å². The number of nitrogens with zero attached hydrogens (tertiary/aromatic N) is 1. The first kappa shape index (κ1) is 13.5. The number of hydrogen-bond donors (Lipinski definition) is 2. The third-order valence-electron chi connectivity index (χ3n) is 2.31. The lowest BCUT2D eigenvalue weighted by molar-refractivity contribution is -0.116. The Labute approximate surface area is 105 Å². The van der Waals surface area contributed by atoms with E-state index >= 15 is 0 Å². The molecule has 0 spiro atoms. The van der Waals surface area contributed by atoms with E-state index in [1.807, 2.05) is 13.0 Å². The van der Waals surface area contributed by atoms with Crippen LogP contribution >= 0.6 is 11.6 Å². The zero-order valence-electron chi connectivity index (χ0n) is 9.53. The summed E-state index contributed by atoms with van der Waals surface area (Å²) in [5, 5.41) is 11.8. The van der Waals surface area contributed by atoms with E-state index in [1.54, 1.807) is 18.2 Å². The monoisotopic (exact) mass is 251 g/mol. The molecule has 0 aliphatic carbocycles. The second-order valence-corrected chi connectivity index (χ2v) is 4.31. The predicted octanol–water partition coefficient (Wildman–Crippen LogP) is 2.14. The van der Waals surface area contributed by atoms with Crippen LogP contribution in [0.25, 0.3) is 0 Å². The van der Waals surface area contributed by atoms with Gasteiger partial charge in [0.2, 0.25) is 5.91 Å². The van der Waals surface area contributed by atoms with Crippen molar-refractivity contribution in [1.29, 1.82) is 5.26 Å². The normalized spacial score (nSPS) is 11.6. The number of hydrogen-bond acceptors (Lipinski definition) is 3. The number of benzene rings is 1. The molecular weight excluding hydrogens is 238 g/mol. The summed E-state index contributed by atoms with van der Waals surface area (Å²) in [5.74, 6) is -0.0344. The van der Waals surface area contributed by atoms with Gasteiger partial charge in [-0.25, -0.2) is 0 Å². The van der Waals surface area contributed by atoms with Crippen LogP contribution in [0, 0.1) is 17.2 Å². The van der Waals surface area contributed by atoms with Gasteiger partial charge in [-0.3, -0.25) is 4.79 Å². The molecule has 1 atom stereocenters. The molecule has 0 saturated carbocycles. The lowest BCUT2D eigenvalue weighted by Crippen LogP contribution is -2.20. The molecule has 0 aromatic heterocycles. The summed E-state index contributed by atoms with van der Waals surface area (Å²) in [5.41, 5.74) is 6.35. The molecule has 1 unspecified atom stereocenters. The Bertz CT molecular complexity index is 454. The summed E-state index contributed by atoms with van der Waals surface area (Å²) < 4.78 is 0. The van der Waals surface area contributed by atoms with Gasteiger partial charge in [-0.15, -0.1) is 0 Å². The van der Waals surface area contributed by atoms with Gasteiger partial charge >= 0.3 is 0 Å². The smallest absolute Gasteiger partial charge is 0.224 e. The van der Waals surface area contributed by atoms with Crippen LogP contribution in [0.2, 0.25) is 5.02 Å². The van der Waals surface area contributed by atoms with Crippen molar-refractivity contribution in [3.05, 3.63) is 28.8 Å². The maximum absolute atomic E-state index is 11.6. The Kier molecular flexibility index (Phi) is 4.95. The minimum absolute atomic E-state index is 0.118. The molecule has 0 fully saturated rings. The quantitative estimate of drug-likeness (QED) is 0.860. The molecule has 5 heteroatoms. The van der Waals surface area contributed by atoms with Gasteiger partial charge in [-0.05, 0) is 30.7 Å². The number of nitriles is 1. The number of carbonyl (C=O) groups excluding carboxylic acids is 1. The lowest BCUT2D eigenvalue weighted by Gasteiger charge is -2.10. The largest absolute Gasteiger partial charge is 0.330 e. The second kappa shape index (κ2) is 6.24. The van der Waals surface area contributed by atoms with Gasteiger partial charge in [0, 0.05) is 6.42 Å². The Balaban J connectivity index is 2.74. The molecule has 4 nitrogen and oxygen atoms in total. The van der Waals surface area contributed by atoms with Crippen molar-refractivity contribution in [3.8, 4) is 6.07 Å². The van der Waals surface area contributed by atoms with Crippen molar-refractivity contribution in [3.63, 3.8) is 0 Å². The topological polar surface area (TPSA) is 78.9 Å². The standard InChI is InChI=1S/C12H14ClN3O/c1-8(6-14)4-12(17)16-11-5-9(7-15)2-3-10(11)13/h2-3,5,8H,4,6,14H2,1H3,(H,16,17). The lowest BCUT2D eigenvalue weighted by atomic mass is 10.1. The SMILES string of the molecule is CC(CN)CC(=O)Nc1cc(C#N)ccc1Cl. The molecule has 0 saturated heterocycles. The highest BCUT2D eigenvalue weighted by Crippen LogP contribution is 2.23. The molecule has 0 aliphatic rings. The number of nitrogens with two attached hydrogens (primary N) is 1. The van der Waals surface area contributed by atoms with Crippen molar-refractivity contribution >= 4 is 23.2 Å². The van der Waals surface area contributed by atoms with Crippen molar-refractivity contribution in [2.45, 2.75) is 13.3 Å². The third-order valence-corrected chi connectivity index (χ3v) is 2.64. The van der Waals surface area contributed by atoms with E-state index in [0.29, 0.717) is 29.2 Å². The van der Waals surface area contributed by atoms with Crippen LogP contribution in [-0.2, 0) is 4.79 Å². The highest BCUT2D eigenvalue weighted by molar-refractivity contribution is 6.33. The molecule has 1 rings (SSSR count). The summed E-state index contributed by atoms with van der Waals surface area (Å²) in [6, 6.07) is 6.72. The second-order valence-electron chi connectivity index (χ2n) is 3.90. The van der Waals surface area contributed by atoms with E-state index in [9.17, 15) is 4.79 Å².